The molecule has 0 aromatic heterocycles. The van der Waals surface area contributed by atoms with E-state index in [9.17, 15) is 0 Å². The van der Waals surface area contributed by atoms with Crippen LogP contribution in [0.2, 0.25) is 5.02 Å². The number of hydrogen-bond acceptors (Lipinski definition) is 2. The van der Waals surface area contributed by atoms with Gasteiger partial charge in [0.25, 0.3) is 0 Å². The van der Waals surface area contributed by atoms with Gasteiger partial charge < -0.3 is 10.5 Å². The molecule has 4 heteroatoms. The number of hydrogen-bond donors (Lipinski definition) is 1. The van der Waals surface area contributed by atoms with E-state index in [1.165, 1.54) is 19.3 Å². The summed E-state index contributed by atoms with van der Waals surface area (Å²) in [7, 11) is 1.63. The normalized spacial score (nSPS) is 17.8. The van der Waals surface area contributed by atoms with Crippen LogP contribution < -0.4 is 10.5 Å². The van der Waals surface area contributed by atoms with Gasteiger partial charge in [0.2, 0.25) is 0 Å². The average Bonchev–Trinajstić information content (AvgIpc) is 2.42. The Morgan fingerprint density at radius 1 is 1.33 bits per heavy atom. The molecule has 0 spiro atoms. The Morgan fingerprint density at radius 3 is 2.72 bits per heavy atom. The maximum absolute atomic E-state index is 6.12. The average molecular weight is 267 g/mol. The fourth-order valence-corrected chi connectivity index (χ4v) is 2.49. The van der Waals surface area contributed by atoms with Crippen LogP contribution in [0, 0.1) is 5.92 Å². The molecule has 18 heavy (non-hydrogen) atoms. The van der Waals surface area contributed by atoms with Crippen LogP contribution in [0.3, 0.4) is 0 Å². The van der Waals surface area contributed by atoms with Gasteiger partial charge in [-0.15, -0.1) is 0 Å². The molecule has 0 aliphatic heterocycles. The molecule has 1 saturated carbocycles. The number of aliphatic imine (C=N–C) groups is 1. The molecule has 1 aliphatic carbocycles. The zero-order chi connectivity index (χ0) is 13.0. The van der Waals surface area contributed by atoms with E-state index in [1.54, 1.807) is 13.2 Å². The van der Waals surface area contributed by atoms with E-state index in [1.807, 2.05) is 12.1 Å². The molecule has 0 unspecified atom stereocenters. The lowest BCUT2D eigenvalue weighted by molar-refractivity contribution is 0.415. The Balaban J connectivity index is 2.19. The van der Waals surface area contributed by atoms with Crippen LogP contribution in [-0.2, 0) is 0 Å². The highest BCUT2D eigenvalue weighted by Gasteiger charge is 2.17. The Kier molecular flexibility index (Phi) is 4.48. The van der Waals surface area contributed by atoms with Crippen LogP contribution in [-0.4, -0.2) is 12.9 Å². The Bertz CT molecular complexity index is 439. The second kappa shape index (κ2) is 6.10. The number of nitrogens with zero attached hydrogens (tertiary/aromatic N) is 1. The maximum Gasteiger partial charge on any atom is 0.121 e. The molecule has 0 heterocycles. The SMILES string of the molecule is COc1ccc(Cl)c(N=C(N)C2CCCCC2)c1. The van der Waals surface area contributed by atoms with Crippen molar-refractivity contribution in [3.8, 4) is 5.75 Å². The number of nitrogens with two attached hydrogens (primary N) is 1. The number of rotatable bonds is 3. The smallest absolute Gasteiger partial charge is 0.121 e. The van der Waals surface area contributed by atoms with E-state index in [4.69, 9.17) is 22.1 Å². The topological polar surface area (TPSA) is 47.6 Å². The molecular weight excluding hydrogens is 248 g/mol. The van der Waals surface area contributed by atoms with Gasteiger partial charge in [-0.05, 0) is 25.0 Å². The van der Waals surface area contributed by atoms with Crippen molar-refractivity contribution in [3.05, 3.63) is 23.2 Å². The van der Waals surface area contributed by atoms with Crippen molar-refractivity contribution < 1.29 is 4.74 Å². The van der Waals surface area contributed by atoms with E-state index in [-0.39, 0.29) is 0 Å². The lowest BCUT2D eigenvalue weighted by atomic mass is 9.88. The molecule has 3 nitrogen and oxygen atoms in total. The van der Waals surface area contributed by atoms with Gasteiger partial charge in [0.05, 0.1) is 17.8 Å². The first-order valence-electron chi connectivity index (χ1n) is 6.38. The summed E-state index contributed by atoms with van der Waals surface area (Å²) in [6.07, 6.45) is 6.07. The third-order valence-electron chi connectivity index (χ3n) is 3.43. The van der Waals surface area contributed by atoms with E-state index >= 15 is 0 Å². The minimum atomic E-state index is 0.404. The first-order chi connectivity index (χ1) is 8.70. The number of halogens is 1. The molecule has 0 saturated heterocycles. The van der Waals surface area contributed by atoms with Crippen molar-refractivity contribution in [1.29, 1.82) is 0 Å². The maximum atomic E-state index is 6.12. The molecule has 2 N–H and O–H groups in total. The molecule has 1 aromatic carbocycles. The van der Waals surface area contributed by atoms with Gasteiger partial charge >= 0.3 is 0 Å². The molecule has 1 aliphatic rings. The third-order valence-corrected chi connectivity index (χ3v) is 3.75. The summed E-state index contributed by atoms with van der Waals surface area (Å²) in [6, 6.07) is 5.42. The molecule has 1 aromatic rings. The van der Waals surface area contributed by atoms with Gasteiger partial charge in [-0.1, -0.05) is 30.9 Å². The molecule has 98 valence electrons. The van der Waals surface area contributed by atoms with Crippen LogP contribution in [0.5, 0.6) is 5.75 Å². The van der Waals surface area contributed by atoms with Crippen molar-refractivity contribution in [1.82, 2.24) is 0 Å². The summed E-state index contributed by atoms with van der Waals surface area (Å²) < 4.78 is 5.17. The van der Waals surface area contributed by atoms with Gasteiger partial charge in [0.15, 0.2) is 0 Å². The lowest BCUT2D eigenvalue weighted by Gasteiger charge is -2.21. The van der Waals surface area contributed by atoms with Crippen molar-refractivity contribution in [2.75, 3.05) is 7.11 Å². The van der Waals surface area contributed by atoms with Crippen molar-refractivity contribution in [2.24, 2.45) is 16.6 Å². The lowest BCUT2D eigenvalue weighted by Crippen LogP contribution is -2.25. The highest BCUT2D eigenvalue weighted by atomic mass is 35.5. The fourth-order valence-electron chi connectivity index (χ4n) is 2.33. The number of methoxy groups -OCH3 is 1. The molecule has 1 fully saturated rings. The quantitative estimate of drug-likeness (QED) is 0.666. The third kappa shape index (κ3) is 3.16. The van der Waals surface area contributed by atoms with Gasteiger partial charge in [0, 0.05) is 12.0 Å². The number of benzene rings is 1. The van der Waals surface area contributed by atoms with E-state index < -0.39 is 0 Å². The second-order valence-electron chi connectivity index (χ2n) is 4.69. The van der Waals surface area contributed by atoms with E-state index in [2.05, 4.69) is 4.99 Å². The van der Waals surface area contributed by atoms with E-state index in [0.717, 1.165) is 18.6 Å². The molecule has 0 bridgehead atoms. The summed E-state index contributed by atoms with van der Waals surface area (Å²) in [4.78, 5) is 4.47. The van der Waals surface area contributed by atoms with E-state index in [0.29, 0.717) is 22.5 Å². The highest BCUT2D eigenvalue weighted by molar-refractivity contribution is 6.33. The minimum absolute atomic E-state index is 0.404. The Labute approximate surface area is 113 Å². The monoisotopic (exact) mass is 266 g/mol. The van der Waals surface area contributed by atoms with Crippen LogP contribution in [0.25, 0.3) is 0 Å². The molecular formula is C14H19ClN2O. The summed E-state index contributed by atoms with van der Waals surface area (Å²) >= 11 is 6.12. The largest absolute Gasteiger partial charge is 0.497 e. The first-order valence-corrected chi connectivity index (χ1v) is 6.76. The number of amidine groups is 1. The minimum Gasteiger partial charge on any atom is -0.497 e. The zero-order valence-electron chi connectivity index (χ0n) is 10.7. The zero-order valence-corrected chi connectivity index (χ0v) is 11.4. The Hall–Kier alpha value is -1.22. The summed E-state index contributed by atoms with van der Waals surface area (Å²) in [5.41, 5.74) is 6.79. The highest BCUT2D eigenvalue weighted by Crippen LogP contribution is 2.31. The van der Waals surface area contributed by atoms with Gasteiger partial charge in [-0.3, -0.25) is 0 Å². The van der Waals surface area contributed by atoms with Crippen LogP contribution >= 0.6 is 11.6 Å². The number of ether oxygens (including phenoxy) is 1. The van der Waals surface area contributed by atoms with Crippen molar-refractivity contribution in [2.45, 2.75) is 32.1 Å². The van der Waals surface area contributed by atoms with Crippen LogP contribution in [0.1, 0.15) is 32.1 Å². The fraction of sp³-hybridized carbons (Fsp3) is 0.500. The molecule has 0 amide bonds. The van der Waals surface area contributed by atoms with Crippen molar-refractivity contribution in [3.63, 3.8) is 0 Å². The van der Waals surface area contributed by atoms with Gasteiger partial charge in [0.1, 0.15) is 11.6 Å². The van der Waals surface area contributed by atoms with Crippen molar-refractivity contribution >= 4 is 23.1 Å². The standard InChI is InChI=1S/C14H19ClN2O/c1-18-11-7-8-12(15)13(9-11)17-14(16)10-5-3-2-4-6-10/h7-10H,2-6H2,1H3,(H2,16,17). The second-order valence-corrected chi connectivity index (χ2v) is 5.10. The van der Waals surface area contributed by atoms with Gasteiger partial charge in [-0.2, -0.15) is 0 Å². The summed E-state index contributed by atoms with van der Waals surface area (Å²) in [5.74, 6) is 1.85. The predicted molar refractivity (Wildman–Crippen MR) is 75.9 cm³/mol. The van der Waals surface area contributed by atoms with Crippen LogP contribution in [0.4, 0.5) is 5.69 Å². The molecule has 0 radical (unpaired) electrons. The summed E-state index contributed by atoms with van der Waals surface area (Å²) in [6.45, 7) is 0. The van der Waals surface area contributed by atoms with Gasteiger partial charge in [-0.25, -0.2) is 4.99 Å². The first kappa shape index (κ1) is 13.2. The molecule has 0 atom stereocenters. The molecule has 2 rings (SSSR count). The Morgan fingerprint density at radius 2 is 2.06 bits per heavy atom. The predicted octanol–water partition coefficient (Wildman–Crippen LogP) is 3.92. The summed E-state index contributed by atoms with van der Waals surface area (Å²) in [5, 5.41) is 0.606. The van der Waals surface area contributed by atoms with Crippen LogP contribution in [0.15, 0.2) is 23.2 Å².